The Kier molecular flexibility index (Phi) is 7.01. The van der Waals surface area contributed by atoms with Crippen molar-refractivity contribution in [2.75, 3.05) is 6.54 Å². The summed E-state index contributed by atoms with van der Waals surface area (Å²) < 4.78 is 18.1. The van der Waals surface area contributed by atoms with Crippen LogP contribution in [0.15, 0.2) is 71.1 Å². The normalized spacial score (nSPS) is 10.6. The van der Waals surface area contributed by atoms with Crippen molar-refractivity contribution in [3.05, 3.63) is 87.9 Å². The first-order chi connectivity index (χ1) is 14.5. The molecule has 2 aromatic carbocycles. The van der Waals surface area contributed by atoms with Gasteiger partial charge >= 0.3 is 5.97 Å². The zero-order valence-electron chi connectivity index (χ0n) is 15.5. The lowest BCUT2D eigenvalue weighted by Crippen LogP contribution is -2.34. The number of hydrogen-bond acceptors (Lipinski definition) is 6. The summed E-state index contributed by atoms with van der Waals surface area (Å²) in [6.45, 7) is -0.287. The van der Waals surface area contributed by atoms with Crippen LogP contribution in [0.5, 0.6) is 5.75 Å². The molecule has 0 aliphatic heterocycles. The minimum atomic E-state index is -0.525. The van der Waals surface area contributed by atoms with Gasteiger partial charge in [0.25, 0.3) is 11.8 Å². The van der Waals surface area contributed by atoms with Crippen LogP contribution < -0.4 is 15.5 Å². The Labute approximate surface area is 175 Å². The number of esters is 1. The van der Waals surface area contributed by atoms with Crippen LogP contribution in [0.4, 0.5) is 4.39 Å². The van der Waals surface area contributed by atoms with E-state index in [4.69, 9.17) is 4.74 Å². The number of hydrazone groups is 1. The van der Waals surface area contributed by atoms with E-state index in [1.54, 1.807) is 41.8 Å². The van der Waals surface area contributed by atoms with Gasteiger partial charge in [-0.2, -0.15) is 5.10 Å². The van der Waals surface area contributed by atoms with E-state index >= 15 is 0 Å². The second-order valence-electron chi connectivity index (χ2n) is 5.92. The first-order valence-electron chi connectivity index (χ1n) is 8.73. The summed E-state index contributed by atoms with van der Waals surface area (Å²) in [6.07, 6.45) is 1.41. The molecule has 0 radical (unpaired) electrons. The molecule has 0 atom stereocenters. The molecule has 0 fully saturated rings. The fraction of sp³-hybridized carbons (Fsp3) is 0.0476. The van der Waals surface area contributed by atoms with Crippen LogP contribution in [0.1, 0.15) is 25.6 Å². The van der Waals surface area contributed by atoms with Crippen molar-refractivity contribution in [3.63, 3.8) is 0 Å². The summed E-state index contributed by atoms with van der Waals surface area (Å²) in [5.41, 5.74) is 3.20. The molecule has 0 aliphatic carbocycles. The summed E-state index contributed by atoms with van der Waals surface area (Å²) in [5.74, 6) is -1.52. The smallest absolute Gasteiger partial charge is 0.353 e. The third-order valence-electron chi connectivity index (χ3n) is 3.73. The van der Waals surface area contributed by atoms with Crippen molar-refractivity contribution in [1.82, 2.24) is 10.7 Å². The van der Waals surface area contributed by atoms with E-state index in [2.05, 4.69) is 15.8 Å². The van der Waals surface area contributed by atoms with Gasteiger partial charge in [-0.05, 0) is 65.5 Å². The second kappa shape index (κ2) is 10.1. The van der Waals surface area contributed by atoms with Gasteiger partial charge in [0.2, 0.25) is 0 Å². The number of nitrogens with one attached hydrogen (secondary N) is 2. The van der Waals surface area contributed by atoms with Crippen LogP contribution >= 0.6 is 11.3 Å². The highest BCUT2D eigenvalue weighted by Crippen LogP contribution is 2.16. The van der Waals surface area contributed by atoms with Gasteiger partial charge in [-0.1, -0.05) is 6.07 Å². The van der Waals surface area contributed by atoms with Crippen LogP contribution in [-0.2, 0) is 4.79 Å². The molecular formula is C21H16FN3O4S. The molecule has 1 heterocycles. The first kappa shape index (κ1) is 20.9. The van der Waals surface area contributed by atoms with Gasteiger partial charge < -0.3 is 10.1 Å². The predicted molar refractivity (Wildman–Crippen MR) is 110 cm³/mol. The molecule has 0 saturated carbocycles. The second-order valence-corrected chi connectivity index (χ2v) is 6.87. The van der Waals surface area contributed by atoms with E-state index in [9.17, 15) is 18.8 Å². The Morgan fingerprint density at radius 3 is 2.43 bits per heavy atom. The summed E-state index contributed by atoms with van der Waals surface area (Å²) in [7, 11) is 0. The molecule has 9 heteroatoms. The molecule has 152 valence electrons. The summed E-state index contributed by atoms with van der Waals surface area (Å²) in [6, 6.07) is 15.0. The van der Waals surface area contributed by atoms with Gasteiger partial charge in [-0.15, -0.1) is 11.3 Å². The van der Waals surface area contributed by atoms with Gasteiger partial charge in [-0.25, -0.2) is 14.6 Å². The van der Waals surface area contributed by atoms with Crippen LogP contribution in [0.2, 0.25) is 0 Å². The zero-order chi connectivity index (χ0) is 21.3. The van der Waals surface area contributed by atoms with E-state index in [-0.39, 0.29) is 12.1 Å². The van der Waals surface area contributed by atoms with E-state index in [1.807, 2.05) is 0 Å². The Morgan fingerprint density at radius 2 is 1.77 bits per heavy atom. The molecule has 7 nitrogen and oxygen atoms in total. The van der Waals surface area contributed by atoms with Gasteiger partial charge in [0.05, 0.1) is 12.8 Å². The maximum absolute atomic E-state index is 12.8. The third-order valence-corrected chi connectivity index (χ3v) is 4.58. The quantitative estimate of drug-likeness (QED) is 0.263. The van der Waals surface area contributed by atoms with E-state index in [0.29, 0.717) is 16.2 Å². The molecule has 2 N–H and O–H groups in total. The third kappa shape index (κ3) is 6.08. The van der Waals surface area contributed by atoms with Crippen molar-refractivity contribution in [2.24, 2.45) is 5.10 Å². The molecule has 0 bridgehead atoms. The molecule has 0 unspecified atom stereocenters. The topological polar surface area (TPSA) is 96.9 Å². The molecule has 1 aromatic heterocycles. The van der Waals surface area contributed by atoms with Crippen molar-refractivity contribution in [2.45, 2.75) is 0 Å². The Morgan fingerprint density at radius 1 is 1.03 bits per heavy atom. The Bertz CT molecular complexity index is 1050. The highest BCUT2D eigenvalue weighted by Gasteiger charge is 2.09. The average molecular weight is 425 g/mol. The summed E-state index contributed by atoms with van der Waals surface area (Å²) >= 11 is 1.29. The van der Waals surface area contributed by atoms with Gasteiger partial charge in [0.1, 0.15) is 16.4 Å². The monoisotopic (exact) mass is 425 g/mol. The maximum Gasteiger partial charge on any atom is 0.353 e. The number of carbonyl (C=O) groups is 3. The first-order valence-corrected chi connectivity index (χ1v) is 9.60. The lowest BCUT2D eigenvalue weighted by Gasteiger charge is -2.04. The number of hydrogen-bond donors (Lipinski definition) is 2. The standard InChI is InChI=1S/C21H16FN3O4S/c22-16-7-5-15(6-8-16)20(27)23-13-19(26)25-24-12-14-3-9-17(10-4-14)29-21(28)18-2-1-11-30-18/h1-12H,13H2,(H,23,27)(H,25,26)/b24-12+. The fourth-order valence-corrected chi connectivity index (χ4v) is 2.85. The van der Waals surface area contributed by atoms with Crippen molar-refractivity contribution >= 4 is 35.3 Å². The van der Waals surface area contributed by atoms with Crippen LogP contribution in [-0.4, -0.2) is 30.5 Å². The van der Waals surface area contributed by atoms with E-state index in [0.717, 1.165) is 12.1 Å². The minimum absolute atomic E-state index is 0.243. The Hall–Kier alpha value is -3.85. The fourth-order valence-electron chi connectivity index (χ4n) is 2.26. The van der Waals surface area contributed by atoms with Crippen molar-refractivity contribution < 1.29 is 23.5 Å². The molecule has 0 spiro atoms. The van der Waals surface area contributed by atoms with E-state index < -0.39 is 23.6 Å². The van der Waals surface area contributed by atoms with Gasteiger partial charge in [-0.3, -0.25) is 9.59 Å². The molecule has 0 saturated heterocycles. The zero-order valence-corrected chi connectivity index (χ0v) is 16.3. The minimum Gasteiger partial charge on any atom is -0.422 e. The van der Waals surface area contributed by atoms with Crippen LogP contribution in [0.3, 0.4) is 0 Å². The molecule has 2 amide bonds. The van der Waals surface area contributed by atoms with Crippen molar-refractivity contribution in [3.8, 4) is 5.75 Å². The summed E-state index contributed by atoms with van der Waals surface area (Å²) in [5, 5.41) is 8.00. The number of ether oxygens (including phenoxy) is 1. The molecule has 3 aromatic rings. The number of rotatable bonds is 7. The highest BCUT2D eigenvalue weighted by molar-refractivity contribution is 7.12. The molecule has 30 heavy (non-hydrogen) atoms. The Balaban J connectivity index is 1.43. The lowest BCUT2D eigenvalue weighted by molar-refractivity contribution is -0.120. The van der Waals surface area contributed by atoms with Gasteiger partial charge in [0, 0.05) is 5.56 Å². The number of benzene rings is 2. The number of thiophene rings is 1. The highest BCUT2D eigenvalue weighted by atomic mass is 32.1. The maximum atomic E-state index is 12.8. The number of carbonyl (C=O) groups excluding carboxylic acids is 3. The molecule has 0 aliphatic rings. The predicted octanol–water partition coefficient (Wildman–Crippen LogP) is 2.99. The van der Waals surface area contributed by atoms with Gasteiger partial charge in [0.15, 0.2) is 0 Å². The largest absolute Gasteiger partial charge is 0.422 e. The van der Waals surface area contributed by atoms with Crippen LogP contribution in [0.25, 0.3) is 0 Å². The van der Waals surface area contributed by atoms with Crippen molar-refractivity contribution in [1.29, 1.82) is 0 Å². The number of amides is 2. The SMILES string of the molecule is O=C(CNC(=O)c1ccc(F)cc1)N/N=C/c1ccc(OC(=O)c2cccs2)cc1. The number of nitrogens with zero attached hydrogens (tertiary/aromatic N) is 1. The van der Waals surface area contributed by atoms with E-state index in [1.165, 1.54) is 29.7 Å². The van der Waals surface area contributed by atoms with Crippen LogP contribution in [0, 0.1) is 5.82 Å². The average Bonchev–Trinajstić information content (AvgIpc) is 3.29. The summed E-state index contributed by atoms with van der Waals surface area (Å²) in [4.78, 5) is 36.0. The number of halogens is 1. The lowest BCUT2D eigenvalue weighted by atomic mass is 10.2. The molecule has 3 rings (SSSR count). The molecular weight excluding hydrogens is 409 g/mol.